The van der Waals surface area contributed by atoms with E-state index in [9.17, 15) is 9.18 Å². The predicted octanol–water partition coefficient (Wildman–Crippen LogP) is 1.01. The van der Waals surface area contributed by atoms with Crippen molar-refractivity contribution in [2.45, 2.75) is 0 Å². The molecule has 2 rings (SSSR count). The number of nitrogens with zero attached hydrogens (tertiary/aromatic N) is 2. The first-order valence-corrected chi connectivity index (χ1v) is 4.93. The second kappa shape index (κ2) is 4.29. The molecule has 1 saturated heterocycles. The number of benzene rings is 1. The van der Waals surface area contributed by atoms with Gasteiger partial charge in [-0.3, -0.25) is 4.79 Å². The Kier molecular flexibility index (Phi) is 2.85. The fraction of sp³-hybridized carbons (Fsp3) is 0.364. The molecule has 1 aromatic rings. The van der Waals surface area contributed by atoms with Gasteiger partial charge in [0.1, 0.15) is 5.82 Å². The zero-order valence-electron chi connectivity index (χ0n) is 8.32. The predicted molar refractivity (Wildman–Crippen MR) is 55.9 cm³/mol. The zero-order chi connectivity index (χ0) is 10.7. The summed E-state index contributed by atoms with van der Waals surface area (Å²) in [5.74, 6) is -0.224. The third-order valence-corrected chi connectivity index (χ3v) is 2.60. The molecule has 0 bridgehead atoms. The quantitative estimate of drug-likeness (QED) is 0.722. The number of carbonyl (C=O) groups excluding carboxylic acids is 1. The van der Waals surface area contributed by atoms with Crippen LogP contribution in [0, 0.1) is 5.82 Å². The first-order valence-electron chi connectivity index (χ1n) is 4.93. The van der Waals surface area contributed by atoms with Crippen molar-refractivity contribution < 1.29 is 9.18 Å². The molecular weight excluding hydrogens is 195 g/mol. The summed E-state index contributed by atoms with van der Waals surface area (Å²) in [5.41, 5.74) is 1.00. The largest absolute Gasteiger partial charge is 0.368 e. The summed E-state index contributed by atoms with van der Waals surface area (Å²) in [5, 5.41) is 0. The smallest absolute Gasteiger partial charge is 0.312 e. The Hall–Kier alpha value is -1.58. The minimum Gasteiger partial charge on any atom is -0.368 e. The van der Waals surface area contributed by atoms with Gasteiger partial charge < -0.3 is 9.80 Å². The average molecular weight is 207 g/mol. The van der Waals surface area contributed by atoms with E-state index in [1.165, 1.54) is 12.1 Å². The number of hydrogen-bond donors (Lipinski definition) is 0. The molecule has 0 N–H and O–H groups in total. The molecule has 0 unspecified atom stereocenters. The van der Waals surface area contributed by atoms with E-state index in [2.05, 4.69) is 4.90 Å². The van der Waals surface area contributed by atoms with E-state index in [0.717, 1.165) is 18.8 Å². The van der Waals surface area contributed by atoms with E-state index in [1.54, 1.807) is 17.0 Å². The van der Waals surface area contributed by atoms with Gasteiger partial charge in [-0.1, -0.05) is 0 Å². The lowest BCUT2D eigenvalue weighted by atomic mass is 10.2. The number of amides is 1. The van der Waals surface area contributed by atoms with Crippen LogP contribution in [0.1, 0.15) is 0 Å². The van der Waals surface area contributed by atoms with Crippen LogP contribution in [-0.2, 0) is 4.79 Å². The molecular formula is C11H12FN2O. The molecule has 0 atom stereocenters. The lowest BCUT2D eigenvalue weighted by molar-refractivity contribution is 0.357. The molecule has 1 fully saturated rings. The fourth-order valence-corrected chi connectivity index (χ4v) is 1.71. The Morgan fingerprint density at radius 1 is 1.07 bits per heavy atom. The van der Waals surface area contributed by atoms with Crippen LogP contribution in [0.25, 0.3) is 0 Å². The van der Waals surface area contributed by atoms with E-state index in [-0.39, 0.29) is 5.82 Å². The maximum Gasteiger partial charge on any atom is 0.312 e. The minimum atomic E-state index is -0.224. The van der Waals surface area contributed by atoms with Gasteiger partial charge in [-0.05, 0) is 24.3 Å². The number of rotatable bonds is 2. The summed E-state index contributed by atoms with van der Waals surface area (Å²) in [6, 6.07) is 6.42. The van der Waals surface area contributed by atoms with E-state index in [0.29, 0.717) is 13.1 Å². The van der Waals surface area contributed by atoms with Crippen molar-refractivity contribution in [3.05, 3.63) is 30.1 Å². The van der Waals surface area contributed by atoms with Gasteiger partial charge in [0.25, 0.3) is 0 Å². The molecule has 79 valence electrons. The second-order valence-electron chi connectivity index (χ2n) is 3.54. The molecule has 1 heterocycles. The van der Waals surface area contributed by atoms with Gasteiger partial charge in [-0.25, -0.2) is 4.39 Å². The van der Waals surface area contributed by atoms with Gasteiger partial charge in [-0.15, -0.1) is 0 Å². The van der Waals surface area contributed by atoms with Gasteiger partial charge >= 0.3 is 6.41 Å². The highest BCUT2D eigenvalue weighted by Crippen LogP contribution is 2.16. The summed E-state index contributed by atoms with van der Waals surface area (Å²) in [7, 11) is 0. The number of anilines is 1. The highest BCUT2D eigenvalue weighted by atomic mass is 19.1. The van der Waals surface area contributed by atoms with E-state index in [4.69, 9.17) is 0 Å². The minimum absolute atomic E-state index is 0.224. The zero-order valence-corrected chi connectivity index (χ0v) is 8.32. The molecule has 0 saturated carbocycles. The van der Waals surface area contributed by atoms with Crippen molar-refractivity contribution in [2.24, 2.45) is 0 Å². The molecule has 3 nitrogen and oxygen atoms in total. The average Bonchev–Trinajstić information content (AvgIpc) is 2.30. The molecule has 0 aliphatic carbocycles. The molecule has 1 aliphatic heterocycles. The summed E-state index contributed by atoms with van der Waals surface area (Å²) < 4.78 is 12.7. The van der Waals surface area contributed by atoms with Crippen LogP contribution in [0.3, 0.4) is 0 Å². The van der Waals surface area contributed by atoms with Crippen LogP contribution in [0.5, 0.6) is 0 Å². The summed E-state index contributed by atoms with van der Waals surface area (Å²) in [6.45, 7) is 2.92. The number of hydrogen-bond acceptors (Lipinski definition) is 2. The van der Waals surface area contributed by atoms with Gasteiger partial charge in [0, 0.05) is 31.9 Å². The first-order chi connectivity index (χ1) is 7.29. The SMILES string of the molecule is O=[C]N1CCN(c2ccc(F)cc2)CC1. The Morgan fingerprint density at radius 2 is 1.67 bits per heavy atom. The van der Waals surface area contributed by atoms with Gasteiger partial charge in [-0.2, -0.15) is 0 Å². The number of piperazine rings is 1. The fourth-order valence-electron chi connectivity index (χ4n) is 1.71. The van der Waals surface area contributed by atoms with Crippen LogP contribution in [0.4, 0.5) is 10.1 Å². The molecule has 15 heavy (non-hydrogen) atoms. The lowest BCUT2D eigenvalue weighted by Gasteiger charge is -2.33. The Labute approximate surface area is 88.1 Å². The molecule has 0 spiro atoms. The van der Waals surface area contributed by atoms with Crippen molar-refractivity contribution in [2.75, 3.05) is 31.1 Å². The second-order valence-corrected chi connectivity index (χ2v) is 3.54. The molecule has 1 aromatic carbocycles. The van der Waals surface area contributed by atoms with Crippen molar-refractivity contribution in [1.29, 1.82) is 0 Å². The Bertz CT molecular complexity index is 331. The molecule has 1 aliphatic rings. The third-order valence-electron chi connectivity index (χ3n) is 2.60. The van der Waals surface area contributed by atoms with E-state index >= 15 is 0 Å². The van der Waals surface area contributed by atoms with Crippen LogP contribution in [0.2, 0.25) is 0 Å². The maximum atomic E-state index is 12.7. The van der Waals surface area contributed by atoms with Gasteiger partial charge in [0.2, 0.25) is 0 Å². The topological polar surface area (TPSA) is 23.6 Å². The van der Waals surface area contributed by atoms with Crippen LogP contribution in [0.15, 0.2) is 24.3 Å². The Morgan fingerprint density at radius 3 is 2.20 bits per heavy atom. The maximum absolute atomic E-state index is 12.7. The normalized spacial score (nSPS) is 16.6. The van der Waals surface area contributed by atoms with Gasteiger partial charge in [0.15, 0.2) is 0 Å². The standard InChI is InChI=1S/C11H12FN2O/c12-10-1-3-11(4-2-10)14-7-5-13(9-15)6-8-14/h1-4H,5-8H2. The molecule has 1 amide bonds. The Balaban J connectivity index is 2.01. The van der Waals surface area contributed by atoms with Crippen molar-refractivity contribution in [3.8, 4) is 0 Å². The van der Waals surface area contributed by atoms with Crippen molar-refractivity contribution in [1.82, 2.24) is 4.90 Å². The summed E-state index contributed by atoms with van der Waals surface area (Å²) in [4.78, 5) is 14.1. The van der Waals surface area contributed by atoms with Crippen LogP contribution < -0.4 is 4.90 Å². The number of halogens is 1. The monoisotopic (exact) mass is 207 g/mol. The molecule has 4 heteroatoms. The van der Waals surface area contributed by atoms with Crippen LogP contribution >= 0.6 is 0 Å². The lowest BCUT2D eigenvalue weighted by Crippen LogP contribution is -2.45. The van der Waals surface area contributed by atoms with Gasteiger partial charge in [0.05, 0.1) is 0 Å². The van der Waals surface area contributed by atoms with E-state index < -0.39 is 0 Å². The summed E-state index contributed by atoms with van der Waals surface area (Å²) in [6.07, 6.45) is 1.88. The first kappa shape index (κ1) is 9.96. The van der Waals surface area contributed by atoms with Crippen molar-refractivity contribution in [3.63, 3.8) is 0 Å². The molecule has 1 radical (unpaired) electrons. The van der Waals surface area contributed by atoms with Crippen molar-refractivity contribution >= 4 is 12.1 Å². The third kappa shape index (κ3) is 2.26. The van der Waals surface area contributed by atoms with E-state index in [1.807, 2.05) is 6.41 Å². The van der Waals surface area contributed by atoms with Crippen LogP contribution in [-0.4, -0.2) is 37.5 Å². The molecule has 0 aromatic heterocycles. The summed E-state index contributed by atoms with van der Waals surface area (Å²) >= 11 is 0. The highest BCUT2D eigenvalue weighted by Gasteiger charge is 2.15. The highest BCUT2D eigenvalue weighted by molar-refractivity contribution is 5.51.